The van der Waals surface area contributed by atoms with Gasteiger partial charge in [-0.15, -0.1) is 0 Å². The van der Waals surface area contributed by atoms with Gasteiger partial charge in [0.2, 0.25) is 5.78 Å². The molecule has 1 aromatic rings. The quantitative estimate of drug-likeness (QED) is 0.304. The Morgan fingerprint density at radius 3 is 2.31 bits per heavy atom. The summed E-state index contributed by atoms with van der Waals surface area (Å²) in [6, 6.07) is 2.04. The molecule has 3 aliphatic carbocycles. The maximum absolute atomic E-state index is 14.2. The van der Waals surface area contributed by atoms with Crippen molar-refractivity contribution in [1.82, 2.24) is 10.2 Å². The fraction of sp³-hybridized carbons (Fsp3) is 0.552. The first-order chi connectivity index (χ1) is 17.8. The van der Waals surface area contributed by atoms with Gasteiger partial charge in [-0.1, -0.05) is 40.7 Å². The van der Waals surface area contributed by atoms with E-state index >= 15 is 0 Å². The fourth-order valence-electron chi connectivity index (χ4n) is 7.12. The summed E-state index contributed by atoms with van der Waals surface area (Å²) in [7, 11) is 3.16. The number of fused-ring (bicyclic) bond motifs is 3. The average Bonchev–Trinajstić information content (AvgIpc) is 2.76. The molecule has 7 N–H and O–H groups in total. The van der Waals surface area contributed by atoms with Gasteiger partial charge in [0.15, 0.2) is 11.4 Å². The van der Waals surface area contributed by atoms with Crippen molar-refractivity contribution >= 4 is 23.2 Å². The van der Waals surface area contributed by atoms with Gasteiger partial charge in [0.05, 0.1) is 11.6 Å². The number of benzene rings is 1. The van der Waals surface area contributed by atoms with Crippen LogP contribution in [-0.2, 0) is 27.3 Å². The first-order valence-electron chi connectivity index (χ1n) is 13.0. The summed E-state index contributed by atoms with van der Waals surface area (Å²) in [4.78, 5) is 41.4. The Bertz CT molecular complexity index is 1360. The molecule has 0 saturated heterocycles. The van der Waals surface area contributed by atoms with Crippen LogP contribution in [0.3, 0.4) is 0 Å². The molecule has 0 unspecified atom stereocenters. The minimum Gasteiger partial charge on any atom is -0.508 e. The summed E-state index contributed by atoms with van der Waals surface area (Å²) in [6.45, 7) is 10.8. The summed E-state index contributed by atoms with van der Waals surface area (Å²) >= 11 is 0. The third kappa shape index (κ3) is 3.99. The van der Waals surface area contributed by atoms with Crippen LogP contribution in [0.25, 0.3) is 5.76 Å². The third-order valence-electron chi connectivity index (χ3n) is 8.58. The number of ketones is 2. The molecule has 0 radical (unpaired) electrons. The average molecular weight is 542 g/mol. The number of hydrogen-bond donors (Lipinski definition) is 6. The summed E-state index contributed by atoms with van der Waals surface area (Å²) in [5, 5.41) is 48.8. The second kappa shape index (κ2) is 8.90. The van der Waals surface area contributed by atoms with Crippen LogP contribution in [0, 0.1) is 16.2 Å². The lowest BCUT2D eigenvalue weighted by atomic mass is 9.46. The van der Waals surface area contributed by atoms with Crippen molar-refractivity contribution in [2.75, 3.05) is 20.6 Å². The molecule has 4 atom stereocenters. The van der Waals surface area contributed by atoms with E-state index in [9.17, 15) is 34.8 Å². The molecule has 0 aromatic heterocycles. The number of amides is 1. The number of carbonyl (C=O) groups is 3. The zero-order chi connectivity index (χ0) is 29.5. The normalized spacial score (nSPS) is 30.8. The lowest BCUT2D eigenvalue weighted by Crippen LogP contribution is -2.72. The zero-order valence-corrected chi connectivity index (χ0v) is 23.6. The van der Waals surface area contributed by atoms with E-state index in [2.05, 4.69) is 26.1 Å². The molecule has 10 nitrogen and oxygen atoms in total. The number of primary amides is 1. The molecule has 39 heavy (non-hydrogen) atoms. The van der Waals surface area contributed by atoms with Gasteiger partial charge >= 0.3 is 0 Å². The summed E-state index contributed by atoms with van der Waals surface area (Å²) < 4.78 is 0. The summed E-state index contributed by atoms with van der Waals surface area (Å²) in [5.74, 6) is -4.92. The van der Waals surface area contributed by atoms with Gasteiger partial charge in [-0.05, 0) is 49.5 Å². The van der Waals surface area contributed by atoms with Crippen molar-refractivity contribution in [3.05, 3.63) is 45.7 Å². The molecule has 10 heteroatoms. The maximum Gasteiger partial charge on any atom is 0.255 e. The topological polar surface area (TPSA) is 173 Å². The van der Waals surface area contributed by atoms with Gasteiger partial charge in [0, 0.05) is 29.5 Å². The van der Waals surface area contributed by atoms with E-state index in [1.165, 1.54) is 17.9 Å². The van der Waals surface area contributed by atoms with Crippen molar-refractivity contribution in [1.29, 1.82) is 0 Å². The van der Waals surface area contributed by atoms with Gasteiger partial charge in [-0.3, -0.25) is 19.3 Å². The minimum atomic E-state index is -2.72. The van der Waals surface area contributed by atoms with E-state index in [0.29, 0.717) is 12.1 Å². The van der Waals surface area contributed by atoms with E-state index in [4.69, 9.17) is 5.73 Å². The number of aliphatic hydroxyl groups excluding tert-OH is 2. The number of nitrogens with zero attached hydrogens (tertiary/aromatic N) is 1. The Hall–Kier alpha value is -3.21. The SMILES string of the molecule is CN(C)[C@@H]1C(=O)C(C(N)=O)=C(O)[C@@]2(O)C(=O)C3=C(O)c4c(O)ccc(CNCC(C)(C)C)c4C[C@@]3(C)C[C@@]12C. The highest BCUT2D eigenvalue weighted by Gasteiger charge is 2.72. The largest absolute Gasteiger partial charge is 0.508 e. The molecule has 0 bridgehead atoms. The number of nitrogens with two attached hydrogens (primary N) is 1. The Labute approximate surface area is 228 Å². The van der Waals surface area contributed by atoms with E-state index in [0.717, 1.165) is 12.1 Å². The van der Waals surface area contributed by atoms with Gasteiger partial charge in [0.25, 0.3) is 5.91 Å². The van der Waals surface area contributed by atoms with Gasteiger partial charge in [-0.2, -0.15) is 0 Å². The van der Waals surface area contributed by atoms with Crippen LogP contribution in [0.15, 0.2) is 29.0 Å². The van der Waals surface area contributed by atoms with E-state index < -0.39 is 57.0 Å². The molecule has 1 saturated carbocycles. The highest BCUT2D eigenvalue weighted by molar-refractivity contribution is 6.25. The van der Waals surface area contributed by atoms with Gasteiger partial charge < -0.3 is 31.5 Å². The van der Waals surface area contributed by atoms with Gasteiger partial charge in [-0.25, -0.2) is 0 Å². The fourth-order valence-corrected chi connectivity index (χ4v) is 7.12. The minimum absolute atomic E-state index is 0.00369. The Balaban J connectivity index is 1.96. The Morgan fingerprint density at radius 1 is 1.15 bits per heavy atom. The van der Waals surface area contributed by atoms with E-state index in [1.807, 2.05) is 0 Å². The number of likely N-dealkylation sites (N-methyl/N-ethyl adjacent to an activating group) is 1. The molecule has 0 aliphatic heterocycles. The third-order valence-corrected chi connectivity index (χ3v) is 8.58. The molecule has 1 amide bonds. The van der Waals surface area contributed by atoms with Crippen molar-refractivity contribution in [3.8, 4) is 5.75 Å². The van der Waals surface area contributed by atoms with E-state index in [1.54, 1.807) is 27.1 Å². The number of Topliss-reactive ketones (excluding diaryl/α,β-unsaturated/α-hetero) is 2. The lowest BCUT2D eigenvalue weighted by Gasteiger charge is -2.59. The van der Waals surface area contributed by atoms with Crippen LogP contribution in [0.4, 0.5) is 0 Å². The first kappa shape index (κ1) is 28.8. The predicted octanol–water partition coefficient (Wildman–Crippen LogP) is 1.88. The van der Waals surface area contributed by atoms with Crippen LogP contribution >= 0.6 is 0 Å². The molecule has 0 spiro atoms. The number of hydrogen-bond acceptors (Lipinski definition) is 9. The summed E-state index contributed by atoms with van der Waals surface area (Å²) in [5.41, 5.74) is 0.616. The van der Waals surface area contributed by atoms with Gasteiger partial charge in [0.1, 0.15) is 22.8 Å². The predicted molar refractivity (Wildman–Crippen MR) is 145 cm³/mol. The molecule has 0 heterocycles. The number of nitrogens with one attached hydrogen (secondary N) is 1. The smallest absolute Gasteiger partial charge is 0.255 e. The Kier molecular flexibility index (Phi) is 6.57. The zero-order valence-electron chi connectivity index (χ0n) is 23.6. The van der Waals surface area contributed by atoms with Crippen LogP contribution < -0.4 is 11.1 Å². The molecular weight excluding hydrogens is 502 g/mol. The molecule has 4 rings (SSSR count). The van der Waals surface area contributed by atoms with Crippen LogP contribution in [0.1, 0.15) is 57.7 Å². The van der Waals surface area contributed by atoms with Crippen molar-refractivity contribution in [2.45, 2.75) is 65.6 Å². The van der Waals surface area contributed by atoms with Crippen LogP contribution in [0.2, 0.25) is 0 Å². The molecule has 1 aromatic carbocycles. The number of aromatic hydroxyl groups is 1. The number of phenols is 1. The number of phenolic OH excluding ortho intramolecular Hbond substituents is 1. The Morgan fingerprint density at radius 2 is 1.77 bits per heavy atom. The van der Waals surface area contributed by atoms with Crippen molar-refractivity contribution in [2.24, 2.45) is 22.0 Å². The second-order valence-electron chi connectivity index (χ2n) is 13.2. The molecular formula is C29H39N3O7. The highest BCUT2D eigenvalue weighted by Crippen LogP contribution is 2.63. The molecule has 3 aliphatic rings. The first-order valence-corrected chi connectivity index (χ1v) is 13.0. The molecule has 1 fully saturated rings. The second-order valence-corrected chi connectivity index (χ2v) is 13.2. The number of rotatable bonds is 5. The van der Waals surface area contributed by atoms with Crippen molar-refractivity contribution in [3.63, 3.8) is 0 Å². The number of aliphatic hydroxyl groups is 3. The standard InChI is InChI=1S/C29H39N3O7/c1-26(2,3)13-31-11-14-8-9-16(33)17-15(14)10-27(4)12-28(5)22(32(6)7)21(35)18(25(30)38)23(36)29(28,39)24(37)19(27)20(17)34/h8-9,22,31,33-34,36,39H,10-13H2,1-7H3,(H2,30,38)/t22-,27+,28+,29-/m1/s1. The molecule has 212 valence electrons. The monoisotopic (exact) mass is 541 g/mol. The maximum atomic E-state index is 14.2. The lowest BCUT2D eigenvalue weighted by molar-refractivity contribution is -0.176. The van der Waals surface area contributed by atoms with Crippen LogP contribution in [0.5, 0.6) is 5.75 Å². The highest BCUT2D eigenvalue weighted by atomic mass is 16.3. The summed E-state index contributed by atoms with van der Waals surface area (Å²) in [6.07, 6.45) is 0.220. The van der Waals surface area contributed by atoms with Crippen LogP contribution in [-0.4, -0.2) is 75.1 Å². The van der Waals surface area contributed by atoms with Crippen molar-refractivity contribution < 1.29 is 34.8 Å². The number of carbonyl (C=O) groups excluding carboxylic acids is 3. The van der Waals surface area contributed by atoms with E-state index in [-0.39, 0.29) is 35.1 Å².